The van der Waals surface area contributed by atoms with E-state index in [9.17, 15) is 9.59 Å². The van der Waals surface area contributed by atoms with Gasteiger partial charge in [-0.05, 0) is 42.3 Å². The second-order valence-electron chi connectivity index (χ2n) is 5.56. The normalized spacial score (nSPS) is 12.8. The highest BCUT2D eigenvalue weighted by Crippen LogP contribution is 2.31. The first-order valence-corrected chi connectivity index (χ1v) is 8.58. The van der Waals surface area contributed by atoms with Crippen LogP contribution < -0.4 is 4.74 Å². The summed E-state index contributed by atoms with van der Waals surface area (Å²) in [7, 11) is 0. The topological polar surface area (TPSA) is 52.6 Å². The van der Waals surface area contributed by atoms with Crippen molar-refractivity contribution in [3.8, 4) is 5.75 Å². The fraction of sp³-hybridized carbons (Fsp3) is 0.333. The van der Waals surface area contributed by atoms with Crippen molar-refractivity contribution in [3.63, 3.8) is 0 Å². The molecule has 0 radical (unpaired) electrons. The monoisotopic (exact) mass is 330 g/mol. The molecule has 0 aliphatic carbocycles. The van der Waals surface area contributed by atoms with Gasteiger partial charge in [-0.1, -0.05) is 6.07 Å². The number of hydrogen-bond acceptors (Lipinski definition) is 5. The van der Waals surface area contributed by atoms with Crippen LogP contribution in [0.25, 0.3) is 0 Å². The Morgan fingerprint density at radius 2 is 2.13 bits per heavy atom. The molecular weight excluding hydrogens is 312 g/mol. The van der Waals surface area contributed by atoms with Gasteiger partial charge in [-0.25, -0.2) is 0 Å². The van der Waals surface area contributed by atoms with Crippen LogP contribution in [0.2, 0.25) is 0 Å². The van der Waals surface area contributed by atoms with Crippen LogP contribution >= 0.6 is 11.3 Å². The average Bonchev–Trinajstić information content (AvgIpc) is 2.96. The van der Waals surface area contributed by atoms with E-state index in [-0.39, 0.29) is 11.8 Å². The van der Waals surface area contributed by atoms with E-state index in [1.807, 2.05) is 29.0 Å². The van der Waals surface area contributed by atoms with Gasteiger partial charge in [0.1, 0.15) is 12.4 Å². The maximum atomic E-state index is 12.7. The number of aryl methyl sites for hydroxylation is 1. The van der Waals surface area contributed by atoms with Gasteiger partial charge in [0.2, 0.25) is 0 Å². The van der Waals surface area contributed by atoms with Crippen molar-refractivity contribution in [1.29, 1.82) is 0 Å². The number of rotatable bonds is 5. The van der Waals surface area contributed by atoms with Crippen LogP contribution in [0, 0.1) is 0 Å². The van der Waals surface area contributed by atoms with Gasteiger partial charge in [0.15, 0.2) is 5.78 Å². The Morgan fingerprint density at radius 1 is 1.26 bits per heavy atom. The molecule has 1 aromatic heterocycles. The van der Waals surface area contributed by atoms with Crippen molar-refractivity contribution in [1.82, 2.24) is 0 Å². The first kappa shape index (κ1) is 15.7. The van der Waals surface area contributed by atoms with Gasteiger partial charge in [-0.15, -0.1) is 0 Å². The molecule has 120 valence electrons. The second-order valence-corrected chi connectivity index (χ2v) is 6.30. The Bertz CT molecular complexity index is 732. The van der Waals surface area contributed by atoms with Gasteiger partial charge in [0.25, 0.3) is 0 Å². The molecule has 5 heteroatoms. The standard InChI is InChI=1S/C18H18O4S/c1-12(19)21-7-3-2-4-13-5-6-17-15(8-13)18(20)16-11-23-10-14(16)9-22-17/h5-6,8,10-11H,2-4,7,9H2,1H3. The van der Waals surface area contributed by atoms with Crippen LogP contribution in [0.5, 0.6) is 5.75 Å². The highest BCUT2D eigenvalue weighted by molar-refractivity contribution is 7.08. The summed E-state index contributed by atoms with van der Waals surface area (Å²) in [4.78, 5) is 23.4. The summed E-state index contributed by atoms with van der Waals surface area (Å²) >= 11 is 1.53. The zero-order chi connectivity index (χ0) is 16.2. The molecular formula is C18H18O4S. The van der Waals surface area contributed by atoms with E-state index in [0.29, 0.717) is 24.5 Å². The number of carbonyl (C=O) groups is 2. The summed E-state index contributed by atoms with van der Waals surface area (Å²) in [6.45, 7) is 2.30. The van der Waals surface area contributed by atoms with Crippen molar-refractivity contribution < 1.29 is 19.1 Å². The minimum Gasteiger partial charge on any atom is -0.488 e. The molecule has 2 heterocycles. The molecule has 0 saturated heterocycles. The number of benzene rings is 1. The zero-order valence-electron chi connectivity index (χ0n) is 13.0. The fourth-order valence-electron chi connectivity index (χ4n) is 2.62. The molecule has 0 spiro atoms. The van der Waals surface area contributed by atoms with E-state index in [1.54, 1.807) is 0 Å². The van der Waals surface area contributed by atoms with E-state index in [1.165, 1.54) is 18.3 Å². The molecule has 1 aliphatic rings. The Labute approximate surface area is 139 Å². The predicted molar refractivity (Wildman–Crippen MR) is 88.1 cm³/mol. The Morgan fingerprint density at radius 3 is 2.96 bits per heavy atom. The van der Waals surface area contributed by atoms with Gasteiger partial charge in [-0.3, -0.25) is 9.59 Å². The van der Waals surface area contributed by atoms with Gasteiger partial charge in [0.05, 0.1) is 12.2 Å². The lowest BCUT2D eigenvalue weighted by atomic mass is 9.99. The van der Waals surface area contributed by atoms with E-state index in [0.717, 1.165) is 36.0 Å². The SMILES string of the molecule is CC(=O)OCCCCc1ccc2c(c1)C(=O)c1cscc1CO2. The number of hydrogen-bond donors (Lipinski definition) is 0. The smallest absolute Gasteiger partial charge is 0.302 e. The predicted octanol–water partition coefficient (Wildman–Crippen LogP) is 3.76. The molecule has 1 aliphatic heterocycles. The van der Waals surface area contributed by atoms with Gasteiger partial charge in [-0.2, -0.15) is 11.3 Å². The molecule has 3 rings (SSSR count). The highest BCUT2D eigenvalue weighted by atomic mass is 32.1. The Hall–Kier alpha value is -2.14. The first-order valence-electron chi connectivity index (χ1n) is 7.64. The molecule has 0 N–H and O–H groups in total. The minimum absolute atomic E-state index is 0.0375. The second kappa shape index (κ2) is 6.96. The number of esters is 1. The van der Waals surface area contributed by atoms with Crippen LogP contribution in [0.1, 0.15) is 46.8 Å². The molecule has 2 aromatic rings. The van der Waals surface area contributed by atoms with Gasteiger partial charge < -0.3 is 9.47 Å². The number of ether oxygens (including phenoxy) is 2. The zero-order valence-corrected chi connectivity index (χ0v) is 13.8. The molecule has 0 bridgehead atoms. The molecule has 0 amide bonds. The number of unbranched alkanes of at least 4 members (excludes halogenated alkanes) is 1. The number of carbonyl (C=O) groups excluding carboxylic acids is 2. The third-order valence-electron chi connectivity index (χ3n) is 3.82. The van der Waals surface area contributed by atoms with E-state index < -0.39 is 0 Å². The third kappa shape index (κ3) is 3.62. The van der Waals surface area contributed by atoms with Crippen molar-refractivity contribution >= 4 is 23.1 Å². The molecule has 4 nitrogen and oxygen atoms in total. The maximum absolute atomic E-state index is 12.7. The molecule has 0 atom stereocenters. The first-order chi connectivity index (χ1) is 11.1. The van der Waals surface area contributed by atoms with Crippen LogP contribution in [-0.2, 0) is 22.6 Å². The lowest BCUT2D eigenvalue weighted by Crippen LogP contribution is -2.03. The van der Waals surface area contributed by atoms with Crippen molar-refractivity contribution in [3.05, 3.63) is 51.2 Å². The lowest BCUT2D eigenvalue weighted by molar-refractivity contribution is -0.141. The fourth-order valence-corrected chi connectivity index (χ4v) is 3.44. The summed E-state index contributed by atoms with van der Waals surface area (Å²) in [5.74, 6) is 0.444. The Kier molecular flexibility index (Phi) is 4.76. The molecule has 0 fully saturated rings. The van der Waals surface area contributed by atoms with Gasteiger partial charge in [0, 0.05) is 23.4 Å². The summed E-state index contributed by atoms with van der Waals surface area (Å²) in [5.41, 5.74) is 3.45. The summed E-state index contributed by atoms with van der Waals surface area (Å²) in [6, 6.07) is 5.80. The molecule has 23 heavy (non-hydrogen) atoms. The van der Waals surface area contributed by atoms with Gasteiger partial charge >= 0.3 is 5.97 Å². The van der Waals surface area contributed by atoms with Crippen molar-refractivity contribution in [2.45, 2.75) is 32.8 Å². The summed E-state index contributed by atoms with van der Waals surface area (Å²) < 4.78 is 10.7. The summed E-state index contributed by atoms with van der Waals surface area (Å²) in [5, 5.41) is 3.86. The number of fused-ring (bicyclic) bond motifs is 2. The molecule has 1 aromatic carbocycles. The largest absolute Gasteiger partial charge is 0.488 e. The minimum atomic E-state index is -0.246. The van der Waals surface area contributed by atoms with E-state index in [4.69, 9.17) is 9.47 Å². The quantitative estimate of drug-likeness (QED) is 0.619. The number of thiophene rings is 1. The lowest BCUT2D eigenvalue weighted by Gasteiger charge is -2.09. The van der Waals surface area contributed by atoms with Crippen LogP contribution in [0.4, 0.5) is 0 Å². The highest BCUT2D eigenvalue weighted by Gasteiger charge is 2.23. The van der Waals surface area contributed by atoms with Crippen LogP contribution in [-0.4, -0.2) is 18.4 Å². The van der Waals surface area contributed by atoms with E-state index in [2.05, 4.69) is 0 Å². The molecule has 0 unspecified atom stereocenters. The third-order valence-corrected chi connectivity index (χ3v) is 4.62. The Balaban J connectivity index is 1.69. The van der Waals surface area contributed by atoms with Crippen LogP contribution in [0.3, 0.4) is 0 Å². The summed E-state index contributed by atoms with van der Waals surface area (Å²) in [6.07, 6.45) is 2.57. The molecule has 0 saturated carbocycles. The van der Waals surface area contributed by atoms with Crippen LogP contribution in [0.15, 0.2) is 29.0 Å². The number of ketones is 1. The maximum Gasteiger partial charge on any atom is 0.302 e. The van der Waals surface area contributed by atoms with E-state index >= 15 is 0 Å². The van der Waals surface area contributed by atoms with Crippen molar-refractivity contribution in [2.75, 3.05) is 6.61 Å². The average molecular weight is 330 g/mol. The van der Waals surface area contributed by atoms with Crippen molar-refractivity contribution in [2.24, 2.45) is 0 Å².